The minimum absolute atomic E-state index is 0. The summed E-state index contributed by atoms with van der Waals surface area (Å²) in [6, 6.07) is 9.27. The Bertz CT molecular complexity index is 862. The third kappa shape index (κ3) is 12.8. The molecule has 9 heteroatoms. The minimum atomic E-state index is 0. The van der Waals surface area contributed by atoms with Crippen LogP contribution in [0.1, 0.15) is 64.0 Å². The smallest absolute Gasteiger partial charge is 0.180 e. The molecule has 1 N–H and O–H groups in total. The SMILES string of the molecule is CCCCN(CCCC)CCCNCc1cc(Cl)c(OCc2ccc(Cl)cc2Cl)c(OCC)c1.Cl.Cl. The maximum absolute atomic E-state index is 6.59. The van der Waals surface area contributed by atoms with Crippen LogP contribution in [0.25, 0.3) is 0 Å². The van der Waals surface area contributed by atoms with Crippen LogP contribution in [-0.2, 0) is 13.2 Å². The largest absolute Gasteiger partial charge is 0.490 e. The summed E-state index contributed by atoms with van der Waals surface area (Å²) in [5, 5.41) is 5.22. The van der Waals surface area contributed by atoms with Gasteiger partial charge in [-0.15, -0.1) is 24.8 Å². The predicted molar refractivity (Wildman–Crippen MR) is 160 cm³/mol. The average molecular weight is 603 g/mol. The van der Waals surface area contributed by atoms with E-state index in [-0.39, 0.29) is 31.4 Å². The molecule has 4 nitrogen and oxygen atoms in total. The number of unbranched alkanes of at least 4 members (excludes halogenated alkanes) is 2. The van der Waals surface area contributed by atoms with Crippen molar-refractivity contribution in [2.24, 2.45) is 0 Å². The third-order valence-electron chi connectivity index (χ3n) is 5.57. The van der Waals surface area contributed by atoms with Gasteiger partial charge < -0.3 is 19.7 Å². The monoisotopic (exact) mass is 600 g/mol. The fraction of sp³-hybridized carbons (Fsp3) is 0.556. The summed E-state index contributed by atoms with van der Waals surface area (Å²) in [4.78, 5) is 2.60. The van der Waals surface area contributed by atoms with Crippen LogP contribution < -0.4 is 14.8 Å². The number of ether oxygens (including phenoxy) is 2. The van der Waals surface area contributed by atoms with Crippen molar-refractivity contribution >= 4 is 59.6 Å². The van der Waals surface area contributed by atoms with E-state index in [1.165, 1.54) is 38.8 Å². The van der Waals surface area contributed by atoms with Gasteiger partial charge in [-0.05, 0) is 82.2 Å². The Morgan fingerprint density at radius 3 is 2.08 bits per heavy atom. The van der Waals surface area contributed by atoms with E-state index in [9.17, 15) is 0 Å². The Labute approximate surface area is 245 Å². The fourth-order valence-electron chi connectivity index (χ4n) is 3.67. The van der Waals surface area contributed by atoms with Crippen LogP contribution in [0, 0.1) is 0 Å². The topological polar surface area (TPSA) is 33.7 Å². The molecular formula is C27H41Cl5N2O2. The van der Waals surface area contributed by atoms with Crippen LogP contribution in [0.15, 0.2) is 30.3 Å². The van der Waals surface area contributed by atoms with Gasteiger partial charge in [0, 0.05) is 22.2 Å². The van der Waals surface area contributed by atoms with Gasteiger partial charge in [0.2, 0.25) is 0 Å². The summed E-state index contributed by atoms with van der Waals surface area (Å²) in [6.07, 6.45) is 6.16. The Kier molecular flexibility index (Phi) is 20.0. The molecule has 36 heavy (non-hydrogen) atoms. The number of hydrogen-bond donors (Lipinski definition) is 1. The Morgan fingerprint density at radius 1 is 0.806 bits per heavy atom. The number of nitrogens with one attached hydrogen (secondary N) is 1. The van der Waals surface area contributed by atoms with Crippen LogP contribution >= 0.6 is 59.6 Å². The van der Waals surface area contributed by atoms with Gasteiger partial charge in [-0.25, -0.2) is 0 Å². The van der Waals surface area contributed by atoms with Gasteiger partial charge >= 0.3 is 0 Å². The quantitative estimate of drug-likeness (QED) is 0.183. The number of rotatable bonds is 17. The number of hydrogen-bond acceptors (Lipinski definition) is 4. The van der Waals surface area contributed by atoms with E-state index in [1.54, 1.807) is 12.1 Å². The van der Waals surface area contributed by atoms with Crippen LogP contribution in [0.5, 0.6) is 11.5 Å². The average Bonchev–Trinajstić information content (AvgIpc) is 2.81. The van der Waals surface area contributed by atoms with E-state index in [2.05, 4.69) is 24.1 Å². The molecule has 0 unspecified atom stereocenters. The zero-order valence-corrected chi connectivity index (χ0v) is 25.5. The lowest BCUT2D eigenvalue weighted by Crippen LogP contribution is -2.29. The molecule has 2 rings (SSSR count). The van der Waals surface area contributed by atoms with E-state index < -0.39 is 0 Å². The van der Waals surface area contributed by atoms with Gasteiger partial charge in [-0.3, -0.25) is 0 Å². The maximum atomic E-state index is 6.59. The predicted octanol–water partition coefficient (Wildman–Crippen LogP) is 8.85. The molecule has 0 aromatic heterocycles. The first kappa shape index (κ1) is 35.4. The first-order valence-corrected chi connectivity index (χ1v) is 13.6. The minimum Gasteiger partial charge on any atom is -0.490 e. The summed E-state index contributed by atoms with van der Waals surface area (Å²) in [5.74, 6) is 1.17. The second-order valence-electron chi connectivity index (χ2n) is 8.44. The van der Waals surface area contributed by atoms with E-state index in [4.69, 9.17) is 44.3 Å². The molecule has 0 amide bonds. The van der Waals surface area contributed by atoms with Gasteiger partial charge in [0.1, 0.15) is 6.61 Å². The summed E-state index contributed by atoms with van der Waals surface area (Å²) in [6.45, 7) is 12.5. The fourth-order valence-corrected chi connectivity index (χ4v) is 4.43. The third-order valence-corrected chi connectivity index (χ3v) is 6.44. The van der Waals surface area contributed by atoms with Crippen molar-refractivity contribution in [3.8, 4) is 11.5 Å². The molecule has 0 radical (unpaired) electrons. The van der Waals surface area contributed by atoms with Crippen molar-refractivity contribution in [2.45, 2.75) is 66.0 Å². The van der Waals surface area contributed by atoms with E-state index in [0.717, 1.165) is 37.2 Å². The maximum Gasteiger partial charge on any atom is 0.180 e. The second kappa shape index (κ2) is 20.4. The van der Waals surface area contributed by atoms with Crippen LogP contribution in [0.2, 0.25) is 15.1 Å². The molecule has 2 aromatic carbocycles. The van der Waals surface area contributed by atoms with Gasteiger partial charge in [-0.1, -0.05) is 67.6 Å². The lowest BCUT2D eigenvalue weighted by Gasteiger charge is -2.22. The molecule has 0 saturated carbocycles. The normalized spacial score (nSPS) is 10.6. The first-order chi connectivity index (χ1) is 16.5. The number of halogens is 5. The zero-order valence-electron chi connectivity index (χ0n) is 21.6. The Morgan fingerprint density at radius 2 is 1.47 bits per heavy atom. The summed E-state index contributed by atoms with van der Waals surface area (Å²) >= 11 is 18.8. The molecule has 2 aromatic rings. The van der Waals surface area contributed by atoms with E-state index in [0.29, 0.717) is 33.2 Å². The van der Waals surface area contributed by atoms with Gasteiger partial charge in [0.05, 0.1) is 11.6 Å². The molecule has 0 bridgehead atoms. The number of nitrogens with zero attached hydrogens (tertiary/aromatic N) is 1. The van der Waals surface area contributed by atoms with Crippen molar-refractivity contribution in [3.63, 3.8) is 0 Å². The van der Waals surface area contributed by atoms with Crippen LogP contribution in [0.4, 0.5) is 0 Å². The highest BCUT2D eigenvalue weighted by Gasteiger charge is 2.14. The molecular weight excluding hydrogens is 562 g/mol. The summed E-state index contributed by atoms with van der Waals surface area (Å²) < 4.78 is 11.8. The summed E-state index contributed by atoms with van der Waals surface area (Å²) in [7, 11) is 0. The molecule has 0 aliphatic carbocycles. The van der Waals surface area contributed by atoms with Crippen molar-refractivity contribution in [1.82, 2.24) is 10.2 Å². The van der Waals surface area contributed by atoms with Crippen molar-refractivity contribution in [3.05, 3.63) is 56.5 Å². The van der Waals surface area contributed by atoms with Gasteiger partial charge in [-0.2, -0.15) is 0 Å². The molecule has 0 spiro atoms. The highest BCUT2D eigenvalue weighted by atomic mass is 35.5. The molecule has 0 aliphatic rings. The highest BCUT2D eigenvalue weighted by molar-refractivity contribution is 6.35. The second-order valence-corrected chi connectivity index (χ2v) is 9.69. The lowest BCUT2D eigenvalue weighted by atomic mass is 10.2. The lowest BCUT2D eigenvalue weighted by molar-refractivity contribution is 0.261. The number of benzene rings is 2. The van der Waals surface area contributed by atoms with Crippen molar-refractivity contribution in [2.75, 3.05) is 32.8 Å². The van der Waals surface area contributed by atoms with Gasteiger partial charge in [0.15, 0.2) is 11.5 Å². The Balaban J connectivity index is 0.00000612. The van der Waals surface area contributed by atoms with E-state index in [1.807, 2.05) is 25.1 Å². The molecule has 0 aliphatic heterocycles. The van der Waals surface area contributed by atoms with Gasteiger partial charge in [0.25, 0.3) is 0 Å². The molecule has 206 valence electrons. The van der Waals surface area contributed by atoms with Crippen LogP contribution in [-0.4, -0.2) is 37.7 Å². The first-order valence-electron chi connectivity index (χ1n) is 12.4. The van der Waals surface area contributed by atoms with Crippen molar-refractivity contribution in [1.29, 1.82) is 0 Å². The molecule has 0 fully saturated rings. The summed E-state index contributed by atoms with van der Waals surface area (Å²) in [5.41, 5.74) is 1.90. The molecule has 0 atom stereocenters. The molecule has 0 heterocycles. The zero-order chi connectivity index (χ0) is 24.8. The Hall–Kier alpha value is -0.590. The highest BCUT2D eigenvalue weighted by Crippen LogP contribution is 2.37. The van der Waals surface area contributed by atoms with Crippen LogP contribution in [0.3, 0.4) is 0 Å². The van der Waals surface area contributed by atoms with Crippen molar-refractivity contribution < 1.29 is 9.47 Å². The van der Waals surface area contributed by atoms with E-state index >= 15 is 0 Å². The standard InChI is InChI=1S/C27H39Cl3N2O2.2ClH/c1-4-7-13-32(14-8-5-2)15-9-12-31-19-21-16-25(30)27(26(17-21)33-6-3)34-20-22-10-11-23(28)18-24(22)29;;/h10-11,16-18,31H,4-9,12-15,19-20H2,1-3H3;2*1H. The molecule has 0 saturated heterocycles.